The van der Waals surface area contributed by atoms with Gasteiger partial charge in [-0.1, -0.05) is 146 Å². The molecule has 0 unspecified atom stereocenters. The zero-order chi connectivity index (χ0) is 76.8. The Morgan fingerprint density at radius 3 is 0.531 bits per heavy atom. The minimum atomic E-state index is -2.49. The second-order valence-corrected chi connectivity index (χ2v) is 34.0. The molecule has 0 saturated heterocycles. The van der Waals surface area contributed by atoms with Gasteiger partial charge in [0.15, 0.2) is 0 Å². The highest BCUT2D eigenvalue weighted by atomic mass is 32.3. The third kappa shape index (κ3) is 12.4. The van der Waals surface area contributed by atoms with Crippen molar-refractivity contribution in [2.45, 2.75) is 19.6 Å². The summed E-state index contributed by atoms with van der Waals surface area (Å²) in [6.45, 7) is 0. The number of fused-ring (bicyclic) bond motifs is 10. The lowest BCUT2D eigenvalue weighted by atomic mass is 10.0. The van der Waals surface area contributed by atoms with Gasteiger partial charge in [0.2, 0.25) is 0 Å². The number of hydrogen-bond donors (Lipinski definition) is 0. The lowest BCUT2D eigenvalue weighted by molar-refractivity contribution is 0.412. The summed E-state index contributed by atoms with van der Waals surface area (Å²) in [7, 11) is 11.3. The van der Waals surface area contributed by atoms with E-state index >= 15 is 0 Å². The predicted octanol–water partition coefficient (Wildman–Crippen LogP) is 27.9. The molecule has 0 saturated carbocycles. The van der Waals surface area contributed by atoms with Crippen molar-refractivity contribution in [3.8, 4) is 110 Å². The fourth-order valence-corrected chi connectivity index (χ4v) is 24.5. The maximum absolute atomic E-state index is 6.12. The number of methoxy groups -OCH3 is 8. The van der Waals surface area contributed by atoms with E-state index in [0.717, 1.165) is 153 Å². The van der Waals surface area contributed by atoms with Crippen LogP contribution in [-0.4, -0.2) is 56.9 Å². The molecule has 12 aromatic carbocycles. The van der Waals surface area contributed by atoms with E-state index in [-0.39, 0.29) is 0 Å². The van der Waals surface area contributed by atoms with Gasteiger partial charge in [0.05, 0.1) is 102 Å². The first-order valence-electron chi connectivity index (χ1n) is 36.7. The minimum Gasteiger partial charge on any atom is -0.495 e. The van der Waals surface area contributed by atoms with Crippen molar-refractivity contribution in [1.29, 1.82) is 0 Å². The van der Waals surface area contributed by atoms with E-state index in [1.54, 1.807) is 102 Å². The second kappa shape index (κ2) is 30.6. The zero-order valence-corrected chi connectivity index (χ0v) is 67.2. The topological polar surface area (TPSA) is 86.8 Å². The zero-order valence-electron chi connectivity index (χ0n) is 63.1. The summed E-state index contributed by atoms with van der Waals surface area (Å²) < 4.78 is 49.0. The third-order valence-corrected chi connectivity index (χ3v) is 29.3. The SMILES string of the molecule is COc1ccccc1N(c1ccc(-c2ccc3c(c2)S2(c4cc(-c5ccc(N(c6ccccc6OC)c6ccccc6OC)s5)ccc4-3)c3cc(-c4ccc(N(c5ccccc5OC)c5ccccc5OC)s4)ccc3-c3ccc(-c4ccc(N(c5ccccc5OC)c5ccccc5OC)s4)cc32)s1)c1ccccc1OC. The first kappa shape index (κ1) is 72.0. The van der Waals surface area contributed by atoms with Gasteiger partial charge in [-0.25, -0.2) is 0 Å². The fraction of sp³-hybridized carbons (Fsp3) is 0.0833. The van der Waals surface area contributed by atoms with Crippen molar-refractivity contribution in [3.63, 3.8) is 0 Å². The molecule has 2 aliphatic rings. The van der Waals surface area contributed by atoms with Crippen LogP contribution in [0.15, 0.2) is 335 Å². The van der Waals surface area contributed by atoms with Crippen LogP contribution in [0.25, 0.3) is 64.0 Å². The number of rotatable bonds is 24. The number of thiophene rings is 4. The second-order valence-electron chi connectivity index (χ2n) is 26.7. The van der Waals surface area contributed by atoms with Crippen molar-refractivity contribution in [2.24, 2.45) is 0 Å². The van der Waals surface area contributed by atoms with Crippen molar-refractivity contribution in [1.82, 2.24) is 0 Å². The van der Waals surface area contributed by atoms with E-state index in [0.29, 0.717) is 0 Å². The van der Waals surface area contributed by atoms with Crippen LogP contribution < -0.4 is 57.5 Å². The van der Waals surface area contributed by atoms with Crippen LogP contribution in [0.3, 0.4) is 0 Å². The summed E-state index contributed by atoms with van der Waals surface area (Å²) in [6, 6.07) is 112. The summed E-state index contributed by atoms with van der Waals surface area (Å²) in [5.74, 6) is 5.91. The van der Waals surface area contributed by atoms with Gasteiger partial charge >= 0.3 is 0 Å². The number of ether oxygens (including phenoxy) is 8. The Morgan fingerprint density at radius 1 is 0.195 bits per heavy atom. The molecule has 113 heavy (non-hydrogen) atoms. The molecule has 0 aliphatic carbocycles. The smallest absolute Gasteiger partial charge is 0.142 e. The maximum Gasteiger partial charge on any atom is 0.142 e. The van der Waals surface area contributed by atoms with E-state index in [1.165, 1.54) is 41.8 Å². The summed E-state index contributed by atoms with van der Waals surface area (Å²) in [6.07, 6.45) is 0. The van der Waals surface area contributed by atoms with Gasteiger partial charge in [0.1, 0.15) is 66.0 Å². The number of nitrogens with zero attached hydrogens (tertiary/aromatic N) is 4. The van der Waals surface area contributed by atoms with E-state index in [4.69, 9.17) is 37.9 Å². The first-order valence-corrected chi connectivity index (χ1v) is 41.6. The van der Waals surface area contributed by atoms with Crippen LogP contribution >= 0.6 is 55.4 Å². The monoisotopic (exact) mass is 1570 g/mol. The number of benzene rings is 12. The molecule has 17 heteroatoms. The predicted molar refractivity (Wildman–Crippen MR) is 469 cm³/mol. The summed E-state index contributed by atoms with van der Waals surface area (Å²) in [5, 5.41) is 3.99. The molecular formula is C96H76N4O8S5. The average Bonchev–Trinajstić information content (AvgIpc) is 1.50. The van der Waals surface area contributed by atoms with Crippen molar-refractivity contribution >= 4 is 121 Å². The molecule has 1 spiro atoms. The normalized spacial score (nSPS) is 12.2. The fourth-order valence-electron chi connectivity index (χ4n) is 15.7. The number of anilines is 12. The molecule has 0 N–H and O–H groups in total. The Labute approximate surface area is 675 Å². The van der Waals surface area contributed by atoms with Gasteiger partial charge in [0, 0.05) is 39.1 Å². The Bertz CT molecular complexity index is 5320. The van der Waals surface area contributed by atoms with E-state index in [1.807, 2.05) is 97.1 Å². The highest BCUT2D eigenvalue weighted by Crippen LogP contribution is 2.86. The molecule has 0 atom stereocenters. The molecule has 6 heterocycles. The van der Waals surface area contributed by atoms with Crippen LogP contribution in [0, 0.1) is 0 Å². The molecule has 16 aromatic rings. The lowest BCUT2D eigenvalue weighted by Crippen LogP contribution is -2.11. The Hall–Kier alpha value is -12.6. The van der Waals surface area contributed by atoms with Gasteiger partial charge < -0.3 is 37.9 Å². The van der Waals surface area contributed by atoms with E-state index in [2.05, 4.69) is 238 Å². The van der Waals surface area contributed by atoms with Gasteiger partial charge in [-0.05, 0) is 214 Å². The molecule has 0 radical (unpaired) electrons. The van der Waals surface area contributed by atoms with Crippen LogP contribution in [0.5, 0.6) is 46.0 Å². The summed E-state index contributed by atoms with van der Waals surface area (Å²) >= 11 is 6.96. The van der Waals surface area contributed by atoms with Crippen LogP contribution in [0.4, 0.5) is 65.5 Å². The molecule has 12 nitrogen and oxygen atoms in total. The molecule has 0 fully saturated rings. The van der Waals surface area contributed by atoms with Crippen molar-refractivity contribution in [3.05, 3.63) is 315 Å². The van der Waals surface area contributed by atoms with Crippen LogP contribution in [-0.2, 0) is 0 Å². The molecule has 18 rings (SSSR count). The first-order chi connectivity index (χ1) is 55.7. The van der Waals surface area contributed by atoms with Gasteiger partial charge in [-0.15, -0.1) is 55.4 Å². The highest BCUT2D eigenvalue weighted by Gasteiger charge is 2.49. The quantitative estimate of drug-likeness (QED) is 0.0577. The Kier molecular flexibility index (Phi) is 19.5. The Balaban J connectivity index is 0.872. The molecule has 558 valence electrons. The molecular weight excluding hydrogens is 1500 g/mol. The van der Waals surface area contributed by atoms with E-state index in [9.17, 15) is 0 Å². The van der Waals surface area contributed by atoms with Crippen molar-refractivity contribution in [2.75, 3.05) is 76.5 Å². The van der Waals surface area contributed by atoms with Gasteiger partial charge in [0.25, 0.3) is 0 Å². The highest BCUT2D eigenvalue weighted by molar-refractivity contribution is 8.34. The van der Waals surface area contributed by atoms with Gasteiger partial charge in [-0.2, -0.15) is 0 Å². The van der Waals surface area contributed by atoms with Crippen LogP contribution in [0.1, 0.15) is 0 Å². The maximum atomic E-state index is 6.12. The van der Waals surface area contributed by atoms with Crippen molar-refractivity contribution < 1.29 is 37.9 Å². The molecule has 2 aliphatic heterocycles. The Morgan fingerprint density at radius 2 is 0.363 bits per heavy atom. The summed E-state index contributed by atoms with van der Waals surface area (Å²) in [4.78, 5) is 18.5. The molecule has 0 bridgehead atoms. The lowest BCUT2D eigenvalue weighted by Gasteiger charge is -2.37. The summed E-state index contributed by atoms with van der Waals surface area (Å²) in [5.41, 5.74) is 16.3. The van der Waals surface area contributed by atoms with E-state index < -0.39 is 10.0 Å². The number of hydrogen-bond acceptors (Lipinski definition) is 16. The van der Waals surface area contributed by atoms with Crippen LogP contribution in [0.2, 0.25) is 0 Å². The minimum absolute atomic E-state index is 0.739. The number of para-hydroxylation sites is 16. The molecule has 0 amide bonds. The van der Waals surface area contributed by atoms with Gasteiger partial charge in [-0.3, -0.25) is 19.6 Å². The standard InChI is InChI=1S/C96H76N4O8S5/c1-101-77-33-17-9-25-69(77)97(70-26-10-18-34-78(70)102-2)93-53-49-85(109-93)61-41-45-65-66-46-42-62(86-50-54-94(110-86)98(71-27-11-19-35-79(71)103-3)72-28-12-20-36-80(72)104-4)58-90(66)113(89(65)57-61)91-59-63(87-51-55-95(111-87)99(73-29-13-21-37-81(73)105-5)74-30-14-22-38-82(74)106-6)43-47-67(91)68-48-44-64(60-92(68)113)88-52-56-96(112-88)100(75-31-15-23-39-83(75)107-7)76-32-16-24-40-84(76)108-8/h9-60H,1-8H3. The molecule has 4 aromatic heterocycles. The third-order valence-electron chi connectivity index (χ3n) is 20.8. The average molecular weight is 1570 g/mol. The largest absolute Gasteiger partial charge is 0.495 e.